The van der Waals surface area contributed by atoms with Crippen molar-refractivity contribution in [3.63, 3.8) is 0 Å². The molecular formula is C22H23NO2S. The van der Waals surface area contributed by atoms with Gasteiger partial charge in [0.25, 0.3) is 5.91 Å². The van der Waals surface area contributed by atoms with Crippen LogP contribution in [0.4, 0.5) is 5.69 Å². The zero-order valence-corrected chi connectivity index (χ0v) is 16.4. The largest absolute Gasteiger partial charge is 0.489 e. The Labute approximate surface area is 158 Å². The summed E-state index contributed by atoms with van der Waals surface area (Å²) >= 11 is 1.44. The molecule has 0 saturated carbocycles. The molecule has 0 saturated heterocycles. The highest BCUT2D eigenvalue weighted by molar-refractivity contribution is 7.12. The fourth-order valence-corrected chi connectivity index (χ4v) is 3.60. The van der Waals surface area contributed by atoms with Gasteiger partial charge in [-0.25, -0.2) is 0 Å². The van der Waals surface area contributed by atoms with Gasteiger partial charge in [-0.15, -0.1) is 11.3 Å². The van der Waals surface area contributed by atoms with Gasteiger partial charge in [-0.1, -0.05) is 18.2 Å². The Morgan fingerprint density at radius 3 is 2.42 bits per heavy atom. The van der Waals surface area contributed by atoms with E-state index in [1.54, 1.807) is 0 Å². The molecule has 0 fully saturated rings. The van der Waals surface area contributed by atoms with Crippen molar-refractivity contribution in [1.29, 1.82) is 0 Å². The minimum Gasteiger partial charge on any atom is -0.489 e. The van der Waals surface area contributed by atoms with Crippen molar-refractivity contribution < 1.29 is 9.53 Å². The van der Waals surface area contributed by atoms with Crippen LogP contribution in [0.2, 0.25) is 0 Å². The normalized spacial score (nSPS) is 10.6. The number of hydrogen-bond acceptors (Lipinski definition) is 3. The first-order chi connectivity index (χ1) is 12.4. The number of rotatable bonds is 5. The zero-order valence-electron chi connectivity index (χ0n) is 15.6. The first kappa shape index (κ1) is 18.2. The molecule has 3 rings (SSSR count). The second-order valence-electron chi connectivity index (χ2n) is 6.70. The van der Waals surface area contributed by atoms with Crippen molar-refractivity contribution in [3.05, 3.63) is 80.5 Å². The number of hydrogen-bond donors (Lipinski definition) is 1. The highest BCUT2D eigenvalue weighted by Crippen LogP contribution is 2.22. The molecule has 1 amide bonds. The molecule has 0 aliphatic carbocycles. The Kier molecular flexibility index (Phi) is 5.43. The number of nitrogens with one attached hydrogen (secondary N) is 1. The van der Waals surface area contributed by atoms with Crippen LogP contribution in [0.25, 0.3) is 0 Å². The van der Waals surface area contributed by atoms with E-state index < -0.39 is 0 Å². The first-order valence-electron chi connectivity index (χ1n) is 8.58. The van der Waals surface area contributed by atoms with Crippen molar-refractivity contribution in [2.45, 2.75) is 34.3 Å². The van der Waals surface area contributed by atoms with E-state index in [-0.39, 0.29) is 5.91 Å². The summed E-state index contributed by atoms with van der Waals surface area (Å²) in [5.74, 6) is 0.774. The van der Waals surface area contributed by atoms with Gasteiger partial charge in [0, 0.05) is 11.3 Å². The van der Waals surface area contributed by atoms with Crippen molar-refractivity contribution in [2.24, 2.45) is 0 Å². The lowest BCUT2D eigenvalue weighted by Crippen LogP contribution is -2.11. The monoisotopic (exact) mass is 365 g/mol. The minimum absolute atomic E-state index is 0.0821. The molecule has 3 nitrogen and oxygen atoms in total. The van der Waals surface area contributed by atoms with Crippen molar-refractivity contribution in [3.8, 4) is 5.75 Å². The minimum atomic E-state index is -0.0821. The van der Waals surface area contributed by atoms with E-state index >= 15 is 0 Å². The van der Waals surface area contributed by atoms with Gasteiger partial charge in [0.15, 0.2) is 0 Å². The molecular weight excluding hydrogens is 342 g/mol. The highest BCUT2D eigenvalue weighted by atomic mass is 32.1. The SMILES string of the molecule is Cc1cc(C)cc(OCc2csc(C(=O)Nc3cc(C)ccc3C)c2)c1. The molecule has 0 aliphatic rings. The number of thiophene rings is 1. The lowest BCUT2D eigenvalue weighted by Gasteiger charge is -2.08. The molecule has 3 aromatic rings. The van der Waals surface area contributed by atoms with Gasteiger partial charge in [0.2, 0.25) is 0 Å². The van der Waals surface area contributed by atoms with Crippen molar-refractivity contribution >= 4 is 22.9 Å². The van der Waals surface area contributed by atoms with E-state index in [4.69, 9.17) is 4.74 Å². The second-order valence-corrected chi connectivity index (χ2v) is 7.62. The van der Waals surface area contributed by atoms with Gasteiger partial charge in [-0.05, 0) is 79.6 Å². The van der Waals surface area contributed by atoms with Crippen molar-refractivity contribution in [1.82, 2.24) is 0 Å². The van der Waals surface area contributed by atoms with E-state index in [1.165, 1.54) is 22.5 Å². The van der Waals surface area contributed by atoms with Crippen LogP contribution < -0.4 is 10.1 Å². The third-order valence-electron chi connectivity index (χ3n) is 4.12. The van der Waals surface area contributed by atoms with Gasteiger partial charge >= 0.3 is 0 Å². The maximum atomic E-state index is 12.5. The average molecular weight is 365 g/mol. The van der Waals surface area contributed by atoms with Crippen LogP contribution in [0.1, 0.15) is 37.5 Å². The van der Waals surface area contributed by atoms with Gasteiger partial charge < -0.3 is 10.1 Å². The number of carbonyl (C=O) groups is 1. The fraction of sp³-hybridized carbons (Fsp3) is 0.227. The molecule has 134 valence electrons. The van der Waals surface area contributed by atoms with E-state index in [0.717, 1.165) is 28.1 Å². The topological polar surface area (TPSA) is 38.3 Å². The molecule has 0 radical (unpaired) electrons. The molecule has 0 aliphatic heterocycles. The van der Waals surface area contributed by atoms with Crippen LogP contribution in [-0.4, -0.2) is 5.91 Å². The molecule has 0 bridgehead atoms. The lowest BCUT2D eigenvalue weighted by atomic mass is 10.1. The molecule has 1 heterocycles. The van der Waals surface area contributed by atoms with Crippen molar-refractivity contribution in [2.75, 3.05) is 5.32 Å². The second kappa shape index (κ2) is 7.75. The summed E-state index contributed by atoms with van der Waals surface area (Å²) < 4.78 is 5.87. The Bertz CT molecular complexity index is 923. The number of carbonyl (C=O) groups excluding carboxylic acids is 1. The third-order valence-corrected chi connectivity index (χ3v) is 5.10. The number of amides is 1. The van der Waals surface area contributed by atoms with Crippen LogP contribution in [0, 0.1) is 27.7 Å². The van der Waals surface area contributed by atoms with Gasteiger partial charge in [0.1, 0.15) is 12.4 Å². The third kappa shape index (κ3) is 4.52. The van der Waals surface area contributed by atoms with Crippen LogP contribution in [0.3, 0.4) is 0 Å². The van der Waals surface area contributed by atoms with Gasteiger partial charge in [-0.3, -0.25) is 4.79 Å². The smallest absolute Gasteiger partial charge is 0.265 e. The summed E-state index contributed by atoms with van der Waals surface area (Å²) in [4.78, 5) is 13.2. The lowest BCUT2D eigenvalue weighted by molar-refractivity contribution is 0.103. The quantitative estimate of drug-likeness (QED) is 0.619. The fourth-order valence-electron chi connectivity index (χ4n) is 2.81. The number of ether oxygens (including phenoxy) is 1. The Balaban J connectivity index is 1.65. The molecule has 26 heavy (non-hydrogen) atoms. The van der Waals surface area contributed by atoms with E-state index in [0.29, 0.717) is 11.5 Å². The number of aryl methyl sites for hydroxylation is 4. The van der Waals surface area contributed by atoms with Crippen LogP contribution in [0.15, 0.2) is 47.8 Å². The summed E-state index contributed by atoms with van der Waals surface area (Å²) in [6.07, 6.45) is 0. The molecule has 2 aromatic carbocycles. The average Bonchev–Trinajstić information content (AvgIpc) is 3.04. The summed E-state index contributed by atoms with van der Waals surface area (Å²) in [7, 11) is 0. The molecule has 0 atom stereocenters. The van der Waals surface area contributed by atoms with Crippen LogP contribution in [0.5, 0.6) is 5.75 Å². The predicted molar refractivity (Wildman–Crippen MR) is 108 cm³/mol. The van der Waals surface area contributed by atoms with E-state index in [9.17, 15) is 4.79 Å². The Morgan fingerprint density at radius 1 is 0.962 bits per heavy atom. The summed E-state index contributed by atoms with van der Waals surface area (Å²) in [6.45, 7) is 8.58. The summed E-state index contributed by atoms with van der Waals surface area (Å²) in [6, 6.07) is 14.1. The first-order valence-corrected chi connectivity index (χ1v) is 9.46. The molecule has 4 heteroatoms. The molecule has 0 spiro atoms. The van der Waals surface area contributed by atoms with Gasteiger partial charge in [-0.2, -0.15) is 0 Å². The Hall–Kier alpha value is -2.59. The van der Waals surface area contributed by atoms with Gasteiger partial charge in [0.05, 0.1) is 4.88 Å². The van der Waals surface area contributed by atoms with E-state index in [1.807, 2.05) is 55.6 Å². The van der Waals surface area contributed by atoms with Crippen LogP contribution >= 0.6 is 11.3 Å². The zero-order chi connectivity index (χ0) is 18.7. The predicted octanol–water partition coefficient (Wildman–Crippen LogP) is 5.81. The molecule has 0 unspecified atom stereocenters. The summed E-state index contributed by atoms with van der Waals surface area (Å²) in [5, 5.41) is 4.97. The molecule has 1 aromatic heterocycles. The number of anilines is 1. The Morgan fingerprint density at radius 2 is 1.69 bits per heavy atom. The highest BCUT2D eigenvalue weighted by Gasteiger charge is 2.11. The number of benzene rings is 2. The maximum absolute atomic E-state index is 12.5. The summed E-state index contributed by atoms with van der Waals surface area (Å²) in [5.41, 5.74) is 6.40. The maximum Gasteiger partial charge on any atom is 0.265 e. The van der Waals surface area contributed by atoms with Crippen LogP contribution in [-0.2, 0) is 6.61 Å². The van der Waals surface area contributed by atoms with E-state index in [2.05, 4.69) is 25.2 Å². The molecule has 1 N–H and O–H groups in total. The standard InChI is InChI=1S/C22H23NO2S/c1-14-5-6-17(4)20(10-14)23-22(24)21-11-18(13-26-21)12-25-19-8-15(2)7-16(3)9-19/h5-11,13H,12H2,1-4H3,(H,23,24).